The van der Waals surface area contributed by atoms with Gasteiger partial charge in [-0.15, -0.1) is 0 Å². The SMILES string of the molecule is C.CNCC[C@@H]1O[C@@H](c2cccc(Cl)c2)[C@@H](c2ccc(Cl)cc2)N(CC2CC2)C1=O.CNCC[C@H]1O[C@H](c2cccc(Cl)c2)C(c2ccc(Cl)cc2)N(CC2CC2)C1=O. The Morgan fingerprint density at radius 2 is 0.915 bits per heavy atom. The summed E-state index contributed by atoms with van der Waals surface area (Å²) in [4.78, 5) is 30.9. The van der Waals surface area contributed by atoms with Gasteiger partial charge in [-0.05, 0) is 148 Å². The molecule has 0 bridgehead atoms. The van der Waals surface area contributed by atoms with E-state index in [-0.39, 0.29) is 43.5 Å². The van der Waals surface area contributed by atoms with Crippen molar-refractivity contribution in [2.75, 3.05) is 40.3 Å². The third-order valence-corrected chi connectivity index (χ3v) is 12.4. The van der Waals surface area contributed by atoms with Gasteiger partial charge in [0.05, 0.1) is 12.1 Å². The molecule has 1 unspecified atom stereocenters. The molecule has 4 aromatic carbocycles. The van der Waals surface area contributed by atoms with E-state index in [2.05, 4.69) is 10.6 Å². The van der Waals surface area contributed by atoms with Crippen molar-refractivity contribution in [1.29, 1.82) is 0 Å². The first-order chi connectivity index (χ1) is 28.1. The third-order valence-electron chi connectivity index (χ3n) is 11.4. The predicted octanol–water partition coefficient (Wildman–Crippen LogP) is 10.7. The van der Waals surface area contributed by atoms with E-state index in [1.54, 1.807) is 0 Å². The van der Waals surface area contributed by atoms with Crippen molar-refractivity contribution in [3.8, 4) is 0 Å². The summed E-state index contributed by atoms with van der Waals surface area (Å²) < 4.78 is 12.9. The lowest BCUT2D eigenvalue weighted by Crippen LogP contribution is -2.52. The summed E-state index contributed by atoms with van der Waals surface area (Å²) >= 11 is 24.8. The molecule has 2 heterocycles. The van der Waals surface area contributed by atoms with Gasteiger partial charge in [0.1, 0.15) is 24.4 Å². The Bertz CT molecular complexity index is 1850. The van der Waals surface area contributed by atoms with Crippen molar-refractivity contribution in [3.05, 3.63) is 139 Å². The van der Waals surface area contributed by atoms with E-state index in [1.165, 1.54) is 25.7 Å². The number of carbonyl (C=O) groups excluding carboxylic acids is 2. The molecular formula is C47H56Cl4N4O4. The quantitative estimate of drug-likeness (QED) is 0.131. The van der Waals surface area contributed by atoms with Gasteiger partial charge in [-0.3, -0.25) is 9.59 Å². The highest BCUT2D eigenvalue weighted by atomic mass is 35.5. The standard InChI is InChI=1S/2C23H26Cl2N2O2.CH4/c2*1-26-12-11-20-23(28)27(14-15-5-6-15)21(16-7-9-18(24)10-8-16)22(29-20)17-3-2-4-19(25)13-17;/h2*2-4,7-10,13,15,20-22,26H,5-6,11-12,14H2,1H3;1H4/t20-,21?,22-;20-,21+,22-;/m10./s1. The van der Waals surface area contributed by atoms with Gasteiger partial charge < -0.3 is 29.9 Å². The van der Waals surface area contributed by atoms with E-state index in [0.29, 0.717) is 44.8 Å². The summed E-state index contributed by atoms with van der Waals surface area (Å²) in [6, 6.07) is 30.6. The van der Waals surface area contributed by atoms with Crippen LogP contribution in [0.4, 0.5) is 0 Å². The van der Waals surface area contributed by atoms with Crippen molar-refractivity contribution in [2.24, 2.45) is 11.8 Å². The molecule has 2 saturated heterocycles. The zero-order chi connectivity index (χ0) is 40.8. The minimum Gasteiger partial charge on any atom is -0.358 e. The van der Waals surface area contributed by atoms with Crippen LogP contribution in [0.5, 0.6) is 0 Å². The predicted molar refractivity (Wildman–Crippen MR) is 239 cm³/mol. The van der Waals surface area contributed by atoms with E-state index < -0.39 is 12.2 Å². The lowest BCUT2D eigenvalue weighted by molar-refractivity contribution is -0.175. The van der Waals surface area contributed by atoms with Gasteiger partial charge in [0.2, 0.25) is 0 Å². The molecule has 8 nitrogen and oxygen atoms in total. The summed E-state index contributed by atoms with van der Waals surface area (Å²) in [5.41, 5.74) is 4.03. The molecule has 2 amide bonds. The number of hydrogen-bond acceptors (Lipinski definition) is 6. The second-order valence-corrected chi connectivity index (χ2v) is 17.6. The van der Waals surface area contributed by atoms with Gasteiger partial charge in [0.15, 0.2) is 0 Å². The molecule has 2 saturated carbocycles. The first-order valence-electron chi connectivity index (χ1n) is 20.4. The van der Waals surface area contributed by atoms with Gasteiger partial charge in [-0.25, -0.2) is 0 Å². The molecule has 0 radical (unpaired) electrons. The molecule has 4 aromatic rings. The number of halogens is 4. The van der Waals surface area contributed by atoms with Gasteiger partial charge >= 0.3 is 0 Å². The monoisotopic (exact) mass is 880 g/mol. The Balaban J connectivity index is 0.000000195. The highest BCUT2D eigenvalue weighted by molar-refractivity contribution is 6.31. The Kier molecular flexibility index (Phi) is 16.2. The maximum absolute atomic E-state index is 13.4. The minimum atomic E-state index is -0.464. The maximum Gasteiger partial charge on any atom is 0.252 e. The second-order valence-electron chi connectivity index (χ2n) is 15.8. The van der Waals surface area contributed by atoms with Crippen molar-refractivity contribution >= 4 is 58.2 Å². The number of hydrogen-bond donors (Lipinski definition) is 2. The van der Waals surface area contributed by atoms with Crippen molar-refractivity contribution in [3.63, 3.8) is 0 Å². The molecule has 8 rings (SSSR count). The van der Waals surface area contributed by atoms with Crippen LogP contribution in [0.25, 0.3) is 0 Å². The average Bonchev–Trinajstić information content (AvgIpc) is 4.17. The topological polar surface area (TPSA) is 83.1 Å². The van der Waals surface area contributed by atoms with Crippen molar-refractivity contribution < 1.29 is 19.1 Å². The van der Waals surface area contributed by atoms with Crippen LogP contribution in [-0.2, 0) is 19.1 Å². The smallest absolute Gasteiger partial charge is 0.252 e. The molecule has 2 aliphatic carbocycles. The molecule has 0 spiro atoms. The minimum absolute atomic E-state index is 0. The van der Waals surface area contributed by atoms with Crippen LogP contribution in [0, 0.1) is 11.8 Å². The lowest BCUT2D eigenvalue weighted by atomic mass is 9.91. The van der Waals surface area contributed by atoms with E-state index >= 15 is 0 Å². The van der Waals surface area contributed by atoms with Crippen LogP contribution >= 0.6 is 46.4 Å². The molecule has 6 atom stereocenters. The van der Waals surface area contributed by atoms with Crippen LogP contribution in [0.15, 0.2) is 97.1 Å². The van der Waals surface area contributed by atoms with E-state index in [9.17, 15) is 9.59 Å². The largest absolute Gasteiger partial charge is 0.358 e. The number of amides is 2. The van der Waals surface area contributed by atoms with Crippen LogP contribution in [0.3, 0.4) is 0 Å². The zero-order valence-corrected chi connectivity index (χ0v) is 36.0. The van der Waals surface area contributed by atoms with Crippen LogP contribution in [-0.4, -0.2) is 74.1 Å². The highest BCUT2D eigenvalue weighted by Crippen LogP contribution is 2.47. The highest BCUT2D eigenvalue weighted by Gasteiger charge is 2.47. The molecule has 2 aliphatic heterocycles. The molecule has 4 fully saturated rings. The number of morpholine rings is 2. The number of rotatable bonds is 14. The number of benzene rings is 4. The number of nitrogens with one attached hydrogen (secondary N) is 2. The summed E-state index contributed by atoms with van der Waals surface area (Å²) in [5.74, 6) is 1.31. The van der Waals surface area contributed by atoms with Crippen LogP contribution in [0.2, 0.25) is 20.1 Å². The van der Waals surface area contributed by atoms with Crippen molar-refractivity contribution in [1.82, 2.24) is 20.4 Å². The molecule has 59 heavy (non-hydrogen) atoms. The Morgan fingerprint density at radius 3 is 1.24 bits per heavy atom. The summed E-state index contributed by atoms with van der Waals surface area (Å²) in [5, 5.41) is 8.95. The van der Waals surface area contributed by atoms with Crippen molar-refractivity contribution in [2.45, 2.75) is 82.5 Å². The molecular weight excluding hydrogens is 826 g/mol. The fourth-order valence-electron chi connectivity index (χ4n) is 8.01. The average molecular weight is 883 g/mol. The normalized spacial score (nSPS) is 24.3. The number of nitrogens with zero attached hydrogens (tertiary/aromatic N) is 2. The molecule has 0 aromatic heterocycles. The van der Waals surface area contributed by atoms with Gasteiger partial charge in [0, 0.05) is 33.2 Å². The first kappa shape index (κ1) is 45.3. The summed E-state index contributed by atoms with van der Waals surface area (Å²) in [6.45, 7) is 2.98. The van der Waals surface area contributed by atoms with E-state index in [1.807, 2.05) is 121 Å². The number of carbonyl (C=O) groups is 2. The fraction of sp³-hybridized carbons (Fsp3) is 0.447. The van der Waals surface area contributed by atoms with Gasteiger partial charge in [-0.1, -0.05) is 102 Å². The van der Waals surface area contributed by atoms with Gasteiger partial charge in [0.25, 0.3) is 11.8 Å². The Hall–Kier alpha value is -3.18. The lowest BCUT2D eigenvalue weighted by Gasteiger charge is -2.45. The van der Waals surface area contributed by atoms with Gasteiger partial charge in [-0.2, -0.15) is 0 Å². The maximum atomic E-state index is 13.4. The fourth-order valence-corrected chi connectivity index (χ4v) is 8.66. The number of ether oxygens (including phenoxy) is 2. The van der Waals surface area contributed by atoms with E-state index in [4.69, 9.17) is 55.9 Å². The molecule has 12 heteroatoms. The Morgan fingerprint density at radius 1 is 0.542 bits per heavy atom. The van der Waals surface area contributed by atoms with Crippen LogP contribution in [0.1, 0.15) is 92.5 Å². The Labute approximate surface area is 369 Å². The summed E-state index contributed by atoms with van der Waals surface area (Å²) in [6.07, 6.45) is 4.51. The van der Waals surface area contributed by atoms with Crippen LogP contribution < -0.4 is 10.6 Å². The van der Waals surface area contributed by atoms with E-state index in [0.717, 1.165) is 48.4 Å². The summed E-state index contributed by atoms with van der Waals surface area (Å²) in [7, 11) is 3.78. The first-order valence-corrected chi connectivity index (χ1v) is 21.9. The molecule has 316 valence electrons. The molecule has 2 N–H and O–H groups in total. The zero-order valence-electron chi connectivity index (χ0n) is 33.0. The second kappa shape index (κ2) is 21.1. The molecule has 4 aliphatic rings. The third kappa shape index (κ3) is 11.6.